The number of nitrogens with zero attached hydrogens (tertiary/aromatic N) is 3. The Balaban J connectivity index is 1.69. The predicted octanol–water partition coefficient (Wildman–Crippen LogP) is 3.41. The van der Waals surface area contributed by atoms with Gasteiger partial charge in [-0.15, -0.1) is 0 Å². The highest BCUT2D eigenvalue weighted by Gasteiger charge is 2.42. The van der Waals surface area contributed by atoms with Crippen molar-refractivity contribution in [3.63, 3.8) is 0 Å². The second-order valence-electron chi connectivity index (χ2n) is 8.99. The number of hydrogen-bond acceptors (Lipinski definition) is 8. The number of oxime groups is 1. The average Bonchev–Trinajstić information content (AvgIpc) is 2.71. The molecule has 0 bridgehead atoms. The zero-order valence-electron chi connectivity index (χ0n) is 18.9. The minimum absolute atomic E-state index is 0.0841. The van der Waals surface area contributed by atoms with E-state index in [9.17, 15) is 5.02 Å². The first-order valence-electron chi connectivity index (χ1n) is 10.9. The lowest BCUT2D eigenvalue weighted by molar-refractivity contribution is 0.143. The zero-order chi connectivity index (χ0) is 23.0. The minimum Gasteiger partial charge on any atom is -0.490 e. The van der Waals surface area contributed by atoms with Crippen molar-refractivity contribution in [2.75, 3.05) is 12.8 Å². The van der Waals surface area contributed by atoms with E-state index in [1.807, 2.05) is 26.0 Å². The van der Waals surface area contributed by atoms with Crippen molar-refractivity contribution in [2.45, 2.75) is 63.9 Å². The molecule has 2 aliphatic rings. The van der Waals surface area contributed by atoms with Crippen LogP contribution < -0.4 is 15.7 Å². The van der Waals surface area contributed by atoms with Crippen molar-refractivity contribution in [3.05, 3.63) is 34.6 Å². The molecule has 0 spiro atoms. The lowest BCUT2D eigenvalue weighted by Crippen LogP contribution is -2.43. The number of rotatable bonds is 5. The molecule has 2 aromatic rings. The first-order chi connectivity index (χ1) is 15.2. The molecule has 0 aliphatic heterocycles. The fourth-order valence-corrected chi connectivity index (χ4v) is 5.17. The van der Waals surface area contributed by atoms with E-state index in [-0.39, 0.29) is 6.10 Å². The van der Waals surface area contributed by atoms with Gasteiger partial charge < -0.3 is 25.6 Å². The molecule has 0 atom stereocenters. The third-order valence-electron chi connectivity index (χ3n) is 6.29. The molecular weight excluding hydrogens is 429 g/mol. The molecule has 0 unspecified atom stereocenters. The molecule has 4 N–H and O–H groups in total. The van der Waals surface area contributed by atoms with Gasteiger partial charge in [-0.25, -0.2) is 9.97 Å². The van der Waals surface area contributed by atoms with Crippen LogP contribution in [0.1, 0.15) is 50.7 Å². The van der Waals surface area contributed by atoms with Crippen LogP contribution in [0, 0.1) is 0 Å². The number of fused-ring (bicyclic) bond motifs is 3. The molecule has 10 heteroatoms. The van der Waals surface area contributed by atoms with Gasteiger partial charge in [-0.05, 0) is 64.5 Å². The van der Waals surface area contributed by atoms with Crippen LogP contribution in [0.25, 0.3) is 11.3 Å². The molecule has 1 aromatic heterocycles. The van der Waals surface area contributed by atoms with Gasteiger partial charge >= 0.3 is 7.05 Å². The molecular formula is C22H29BClN5O3. The quantitative estimate of drug-likeness (QED) is 0.465. The summed E-state index contributed by atoms with van der Waals surface area (Å²) in [6.45, 7) is 5.78. The van der Waals surface area contributed by atoms with Crippen LogP contribution in [-0.2, 0) is 10.3 Å². The fourth-order valence-electron chi connectivity index (χ4n) is 4.87. The van der Waals surface area contributed by atoms with Gasteiger partial charge in [0.2, 0.25) is 0 Å². The summed E-state index contributed by atoms with van der Waals surface area (Å²) < 4.78 is 6.33. The highest BCUT2D eigenvalue weighted by molar-refractivity contribution is 6.45. The van der Waals surface area contributed by atoms with Gasteiger partial charge in [0.15, 0.2) is 0 Å². The molecule has 4 rings (SSSR count). The molecule has 32 heavy (non-hydrogen) atoms. The Hall–Kier alpha value is -2.36. The van der Waals surface area contributed by atoms with Gasteiger partial charge in [0, 0.05) is 22.1 Å². The summed E-state index contributed by atoms with van der Waals surface area (Å²) >= 11 is 6.77. The van der Waals surface area contributed by atoms with E-state index < -0.39 is 12.5 Å². The summed E-state index contributed by atoms with van der Waals surface area (Å²) in [7, 11) is 1.02. The fraction of sp³-hybridized carbons (Fsp3) is 0.500. The molecule has 1 fully saturated rings. The van der Waals surface area contributed by atoms with Crippen LogP contribution in [0.3, 0.4) is 0 Å². The summed E-state index contributed by atoms with van der Waals surface area (Å²) in [6.07, 6.45) is 5.22. The monoisotopic (exact) mass is 457 g/mol. The van der Waals surface area contributed by atoms with Crippen molar-refractivity contribution in [1.29, 1.82) is 0 Å². The van der Waals surface area contributed by atoms with E-state index >= 15 is 0 Å². The SMILES string of the molecule is CO/N=C1\c2cc(O[C@H]3CC[C@H](NB(C)O)CC3)cc(Cl)c2-c2ncnc(N)c2C1(C)C. The molecule has 0 amide bonds. The van der Waals surface area contributed by atoms with Crippen LogP contribution in [0.2, 0.25) is 11.8 Å². The number of anilines is 1. The number of ether oxygens (including phenoxy) is 1. The Kier molecular flexibility index (Phi) is 6.34. The number of hydrogen-bond donors (Lipinski definition) is 3. The Bertz CT molecular complexity index is 1040. The number of halogens is 1. The second-order valence-corrected chi connectivity index (χ2v) is 9.40. The molecule has 170 valence electrons. The van der Waals surface area contributed by atoms with Gasteiger partial charge in [0.1, 0.15) is 25.0 Å². The van der Waals surface area contributed by atoms with E-state index in [1.54, 1.807) is 6.82 Å². The summed E-state index contributed by atoms with van der Waals surface area (Å²) in [6, 6.07) is 4.10. The molecule has 2 aliphatic carbocycles. The van der Waals surface area contributed by atoms with Crippen molar-refractivity contribution in [3.8, 4) is 17.0 Å². The lowest BCUT2D eigenvalue weighted by Gasteiger charge is -2.35. The Morgan fingerprint density at radius 2 is 1.97 bits per heavy atom. The van der Waals surface area contributed by atoms with Crippen LogP contribution in [0.4, 0.5) is 5.82 Å². The van der Waals surface area contributed by atoms with Crippen LogP contribution >= 0.6 is 11.6 Å². The number of aromatic nitrogens is 2. The molecule has 1 aromatic carbocycles. The van der Waals surface area contributed by atoms with Crippen LogP contribution in [0.5, 0.6) is 5.75 Å². The van der Waals surface area contributed by atoms with Crippen molar-refractivity contribution in [2.24, 2.45) is 5.16 Å². The lowest BCUT2D eigenvalue weighted by atomic mass is 9.70. The van der Waals surface area contributed by atoms with Crippen LogP contribution in [0.15, 0.2) is 23.6 Å². The minimum atomic E-state index is -0.587. The first-order valence-corrected chi connectivity index (χ1v) is 11.3. The smallest absolute Gasteiger partial charge is 0.373 e. The molecule has 1 saturated carbocycles. The van der Waals surface area contributed by atoms with Gasteiger partial charge in [-0.3, -0.25) is 0 Å². The van der Waals surface area contributed by atoms with Crippen molar-refractivity contribution >= 4 is 30.2 Å². The Morgan fingerprint density at radius 3 is 2.62 bits per heavy atom. The molecule has 0 radical (unpaired) electrons. The first kappa shape index (κ1) is 22.8. The number of benzene rings is 1. The summed E-state index contributed by atoms with van der Waals surface area (Å²) in [4.78, 5) is 13.9. The number of nitrogen functional groups attached to an aromatic ring is 1. The van der Waals surface area contributed by atoms with Crippen molar-refractivity contribution < 1.29 is 14.6 Å². The van der Waals surface area contributed by atoms with Crippen LogP contribution in [-0.4, -0.2) is 47.0 Å². The second kappa shape index (κ2) is 8.88. The van der Waals surface area contributed by atoms with Gasteiger partial charge in [-0.2, -0.15) is 0 Å². The third-order valence-corrected chi connectivity index (χ3v) is 6.58. The summed E-state index contributed by atoms with van der Waals surface area (Å²) in [5.74, 6) is 1.08. The standard InChI is InChI=1S/C22H29BClN5O3/c1-22(2)18-19(26-11-27-21(18)25)17-15(20(22)29-31-4)9-14(10-16(17)24)32-13-7-5-12(6-8-13)28-23(3)30/h9-13,28,30H,5-8H2,1-4H3,(H2,25,26,27)/b29-20+/t12-,13-. The topological polar surface area (TPSA) is 115 Å². The normalized spacial score (nSPS) is 22.8. The summed E-state index contributed by atoms with van der Waals surface area (Å²) in [5.41, 5.74) is 9.40. The average molecular weight is 458 g/mol. The van der Waals surface area contributed by atoms with E-state index in [4.69, 9.17) is 26.9 Å². The maximum absolute atomic E-state index is 9.55. The zero-order valence-corrected chi connectivity index (χ0v) is 19.6. The van der Waals surface area contributed by atoms with E-state index in [1.165, 1.54) is 13.4 Å². The maximum atomic E-state index is 9.55. The van der Waals surface area contributed by atoms with Gasteiger partial charge in [-0.1, -0.05) is 16.8 Å². The number of nitrogens with one attached hydrogen (secondary N) is 1. The maximum Gasteiger partial charge on any atom is 0.373 e. The Labute approximate surface area is 193 Å². The highest BCUT2D eigenvalue weighted by atomic mass is 35.5. The van der Waals surface area contributed by atoms with E-state index in [0.717, 1.165) is 42.4 Å². The van der Waals surface area contributed by atoms with Crippen molar-refractivity contribution in [1.82, 2.24) is 15.2 Å². The van der Waals surface area contributed by atoms with Gasteiger partial charge in [0.05, 0.1) is 22.5 Å². The highest BCUT2D eigenvalue weighted by Crippen LogP contribution is 2.48. The molecule has 8 nitrogen and oxygen atoms in total. The number of nitrogens with two attached hydrogens (primary N) is 1. The molecule has 0 saturated heterocycles. The Morgan fingerprint density at radius 1 is 1.25 bits per heavy atom. The largest absolute Gasteiger partial charge is 0.490 e. The van der Waals surface area contributed by atoms with E-state index in [0.29, 0.717) is 34.0 Å². The summed E-state index contributed by atoms with van der Waals surface area (Å²) in [5, 5.41) is 17.6. The third kappa shape index (κ3) is 4.17. The predicted molar refractivity (Wildman–Crippen MR) is 127 cm³/mol. The van der Waals surface area contributed by atoms with Gasteiger partial charge in [0.25, 0.3) is 0 Å². The molecule has 1 heterocycles. The van der Waals surface area contributed by atoms with E-state index in [2.05, 4.69) is 20.4 Å².